The van der Waals surface area contributed by atoms with Crippen molar-refractivity contribution in [2.75, 3.05) is 18.1 Å². The molecule has 27 heavy (non-hydrogen) atoms. The maximum atomic E-state index is 10.0. The van der Waals surface area contributed by atoms with Gasteiger partial charge in [-0.25, -0.2) is 4.68 Å². The van der Waals surface area contributed by atoms with Crippen LogP contribution in [0.25, 0.3) is 0 Å². The smallest absolute Gasteiger partial charge is 0.184 e. The van der Waals surface area contributed by atoms with E-state index in [-0.39, 0.29) is 18.9 Å². The van der Waals surface area contributed by atoms with Gasteiger partial charge in [0.15, 0.2) is 12.1 Å². The molecule has 0 bridgehead atoms. The third-order valence-electron chi connectivity index (χ3n) is 4.98. The predicted molar refractivity (Wildman–Crippen MR) is 85.2 cm³/mol. The number of ether oxygens (including phenoxy) is 1. The summed E-state index contributed by atoms with van der Waals surface area (Å²) in [7, 11) is 0. The number of rotatable bonds is 4. The molecule has 2 fully saturated rings. The zero-order valence-corrected chi connectivity index (χ0v) is 14.2. The van der Waals surface area contributed by atoms with Crippen molar-refractivity contribution >= 4 is 5.82 Å². The molecular weight excluding hydrogens is 368 g/mol. The van der Waals surface area contributed by atoms with Crippen LogP contribution >= 0.6 is 0 Å². The van der Waals surface area contributed by atoms with Crippen molar-refractivity contribution in [3.05, 3.63) is 6.20 Å². The van der Waals surface area contributed by atoms with E-state index in [9.17, 15) is 40.9 Å². The average Bonchev–Trinajstić information content (AvgIpc) is 3.10. The van der Waals surface area contributed by atoms with Crippen LogP contribution in [0.15, 0.2) is 6.20 Å². The second kappa shape index (κ2) is 7.90. The molecule has 0 spiro atoms. The van der Waals surface area contributed by atoms with Crippen molar-refractivity contribution in [3.63, 3.8) is 0 Å². The van der Waals surface area contributed by atoms with Gasteiger partial charge in [0.05, 0.1) is 25.4 Å². The zero-order chi connectivity index (χ0) is 19.9. The van der Waals surface area contributed by atoms with Crippen molar-refractivity contribution in [1.82, 2.24) is 15.0 Å². The Kier molecular flexibility index (Phi) is 5.95. The number of nitrogens with zero attached hydrogens (tertiary/aromatic N) is 4. The Balaban J connectivity index is 1.73. The van der Waals surface area contributed by atoms with Crippen LogP contribution in [0, 0.1) is 0 Å². The Bertz CT molecular complexity index is 633. The lowest BCUT2D eigenvalue weighted by Gasteiger charge is -2.43. The first-order valence-electron chi connectivity index (χ1n) is 8.44. The van der Waals surface area contributed by atoms with E-state index in [2.05, 4.69) is 10.3 Å². The predicted octanol–water partition coefficient (Wildman–Crippen LogP) is -5.66. The molecule has 0 saturated carbocycles. The van der Waals surface area contributed by atoms with E-state index >= 15 is 0 Å². The van der Waals surface area contributed by atoms with Crippen LogP contribution in [-0.2, 0) is 11.3 Å². The third-order valence-corrected chi connectivity index (χ3v) is 4.98. The Morgan fingerprint density at radius 2 is 1.67 bits per heavy atom. The number of β-amino-alcohol motifs (C(OH)–C–C–N with tert-alkyl or cyclic N) is 1. The van der Waals surface area contributed by atoms with Crippen molar-refractivity contribution in [1.29, 1.82) is 0 Å². The SMILES string of the molecule is OC[C@H]1[C@@H](O)[C@H](O)[C@H](O)CN1c1cn(C[C@H]2O[C@@H](O)[C@H](O)[C@@H](O)[C@@H]2O)nn1. The van der Waals surface area contributed by atoms with E-state index in [1.807, 2.05) is 0 Å². The van der Waals surface area contributed by atoms with Gasteiger partial charge in [0.2, 0.25) is 0 Å². The lowest BCUT2D eigenvalue weighted by molar-refractivity contribution is -0.284. The highest BCUT2D eigenvalue weighted by Crippen LogP contribution is 2.25. The number of hydrogen-bond donors (Lipinski definition) is 8. The van der Waals surface area contributed by atoms with E-state index in [0.717, 1.165) is 0 Å². The van der Waals surface area contributed by atoms with Gasteiger partial charge < -0.3 is 50.5 Å². The van der Waals surface area contributed by atoms with Gasteiger partial charge in [0, 0.05) is 6.54 Å². The fraction of sp³-hybridized carbons (Fsp3) is 0.857. The van der Waals surface area contributed by atoms with E-state index in [1.54, 1.807) is 0 Å². The average molecular weight is 392 g/mol. The summed E-state index contributed by atoms with van der Waals surface area (Å²) >= 11 is 0. The van der Waals surface area contributed by atoms with Gasteiger partial charge in [-0.2, -0.15) is 0 Å². The minimum Gasteiger partial charge on any atom is -0.394 e. The Morgan fingerprint density at radius 3 is 2.33 bits per heavy atom. The Labute approximate surface area is 153 Å². The Hall–Kier alpha value is -1.42. The van der Waals surface area contributed by atoms with Crippen LogP contribution in [0.2, 0.25) is 0 Å². The molecule has 2 aliphatic rings. The molecule has 8 N–H and O–H groups in total. The summed E-state index contributed by atoms with van der Waals surface area (Å²) in [5.41, 5.74) is 0. The van der Waals surface area contributed by atoms with Crippen molar-refractivity contribution in [2.24, 2.45) is 0 Å². The molecule has 1 aromatic rings. The maximum absolute atomic E-state index is 10.0. The highest BCUT2D eigenvalue weighted by molar-refractivity contribution is 5.39. The molecule has 2 aliphatic heterocycles. The molecule has 1 aromatic heterocycles. The molecule has 3 rings (SSSR count). The van der Waals surface area contributed by atoms with Gasteiger partial charge in [0.1, 0.15) is 42.7 Å². The van der Waals surface area contributed by atoms with E-state index in [4.69, 9.17) is 4.74 Å². The maximum Gasteiger partial charge on any atom is 0.184 e. The lowest BCUT2D eigenvalue weighted by Crippen LogP contribution is -2.62. The number of piperidine rings is 1. The molecule has 0 unspecified atom stereocenters. The highest BCUT2D eigenvalue weighted by atomic mass is 16.6. The van der Waals surface area contributed by atoms with Crippen molar-refractivity contribution < 1.29 is 45.6 Å². The van der Waals surface area contributed by atoms with Crippen LogP contribution in [0.1, 0.15) is 0 Å². The summed E-state index contributed by atoms with van der Waals surface area (Å²) in [5, 5.41) is 85.6. The van der Waals surface area contributed by atoms with Gasteiger partial charge in [-0.3, -0.25) is 0 Å². The van der Waals surface area contributed by atoms with Gasteiger partial charge >= 0.3 is 0 Å². The molecule has 0 aromatic carbocycles. The second-order valence-electron chi connectivity index (χ2n) is 6.79. The molecule has 0 radical (unpaired) electrons. The first kappa shape index (κ1) is 20.3. The molecule has 9 atom stereocenters. The van der Waals surface area contributed by atoms with Gasteiger partial charge in [0.25, 0.3) is 0 Å². The fourth-order valence-corrected chi connectivity index (χ4v) is 3.33. The number of hydrogen-bond acceptors (Lipinski definition) is 12. The molecular formula is C14H24N4O9. The minimum absolute atomic E-state index is 0.103. The zero-order valence-electron chi connectivity index (χ0n) is 14.2. The molecule has 0 amide bonds. The summed E-state index contributed by atoms with van der Waals surface area (Å²) in [5.74, 6) is 0.186. The quantitative estimate of drug-likeness (QED) is 0.241. The normalized spacial score (nSPS) is 43.1. The molecule has 154 valence electrons. The van der Waals surface area contributed by atoms with Crippen LogP contribution in [0.4, 0.5) is 5.82 Å². The number of aliphatic hydroxyl groups is 8. The minimum atomic E-state index is -1.68. The summed E-state index contributed by atoms with van der Waals surface area (Å²) in [6.45, 7) is -0.729. The van der Waals surface area contributed by atoms with Crippen molar-refractivity contribution in [3.8, 4) is 0 Å². The van der Waals surface area contributed by atoms with Gasteiger partial charge in [-0.05, 0) is 0 Å². The van der Waals surface area contributed by atoms with E-state index in [1.165, 1.54) is 15.8 Å². The summed E-state index contributed by atoms with van der Waals surface area (Å²) in [6, 6.07) is -0.913. The van der Waals surface area contributed by atoms with Crippen molar-refractivity contribution in [2.45, 2.75) is 61.6 Å². The second-order valence-corrected chi connectivity index (χ2v) is 6.79. The number of aromatic nitrogens is 3. The number of aliphatic hydroxyl groups excluding tert-OH is 8. The van der Waals surface area contributed by atoms with Crippen LogP contribution in [0.3, 0.4) is 0 Å². The largest absolute Gasteiger partial charge is 0.394 e. The highest BCUT2D eigenvalue weighted by Gasteiger charge is 2.44. The summed E-state index contributed by atoms with van der Waals surface area (Å²) in [4.78, 5) is 1.39. The Morgan fingerprint density at radius 1 is 0.963 bits per heavy atom. The molecule has 13 heteroatoms. The number of anilines is 1. The van der Waals surface area contributed by atoms with Gasteiger partial charge in [-0.1, -0.05) is 5.21 Å². The van der Waals surface area contributed by atoms with Crippen LogP contribution in [0.5, 0.6) is 0 Å². The van der Waals surface area contributed by atoms with Crippen LogP contribution < -0.4 is 4.90 Å². The topological polar surface area (TPSA) is 205 Å². The van der Waals surface area contributed by atoms with Gasteiger partial charge in [-0.15, -0.1) is 5.10 Å². The molecule has 3 heterocycles. The standard InChI is InChI=1S/C14H24N4O9/c19-4-5-9(21)10(22)6(20)1-18(5)8-3-17(16-15-8)2-7-11(23)12(24)13(25)14(26)27-7/h3,5-7,9-14,19-26H,1-2,4H2/t5-,6+,7+,9+,10+,11+,12-,13+,14+/m0/s1. The first-order chi connectivity index (χ1) is 12.7. The molecule has 13 nitrogen and oxygen atoms in total. The monoisotopic (exact) mass is 392 g/mol. The molecule has 0 aliphatic carbocycles. The fourth-order valence-electron chi connectivity index (χ4n) is 3.33. The molecule has 2 saturated heterocycles. The van der Waals surface area contributed by atoms with E-state index < -0.39 is 61.7 Å². The first-order valence-corrected chi connectivity index (χ1v) is 8.44. The lowest BCUT2D eigenvalue weighted by atomic mass is 9.94. The third kappa shape index (κ3) is 3.78. The van der Waals surface area contributed by atoms with E-state index in [0.29, 0.717) is 0 Å². The van der Waals surface area contributed by atoms with Crippen LogP contribution in [-0.4, -0.2) is 124 Å². The summed E-state index contributed by atoms with van der Waals surface area (Å²) in [6.07, 6.45) is -10.2. The summed E-state index contributed by atoms with van der Waals surface area (Å²) < 4.78 is 6.31.